The highest BCUT2D eigenvalue weighted by Gasteiger charge is 2.28. The zero-order chi connectivity index (χ0) is 18.9. The van der Waals surface area contributed by atoms with Crippen molar-refractivity contribution in [2.75, 3.05) is 31.2 Å². The van der Waals surface area contributed by atoms with Crippen LogP contribution in [-0.4, -0.2) is 52.9 Å². The molecule has 2 aromatic rings. The second kappa shape index (κ2) is 7.70. The molecular formula is C21H29N5O2. The van der Waals surface area contributed by atoms with Crippen LogP contribution in [0.1, 0.15) is 56.6 Å². The largest absolute Gasteiger partial charge is 0.381 e. The molecule has 3 fully saturated rings. The fourth-order valence-electron chi connectivity index (χ4n) is 4.49. The molecule has 0 aromatic carbocycles. The Morgan fingerprint density at radius 2 is 1.93 bits per heavy atom. The smallest absolute Gasteiger partial charge is 0.220 e. The number of carbonyl (C=O) groups is 1. The number of rotatable bonds is 5. The van der Waals surface area contributed by atoms with Gasteiger partial charge in [-0.25, -0.2) is 9.50 Å². The van der Waals surface area contributed by atoms with E-state index in [9.17, 15) is 4.79 Å². The number of fused-ring (bicyclic) bond motifs is 1. The Labute approximate surface area is 165 Å². The lowest BCUT2D eigenvalue weighted by molar-refractivity contribution is -0.123. The second-order valence-corrected chi connectivity index (χ2v) is 8.51. The Kier molecular flexibility index (Phi) is 4.93. The zero-order valence-corrected chi connectivity index (χ0v) is 16.3. The van der Waals surface area contributed by atoms with Crippen LogP contribution >= 0.6 is 0 Å². The van der Waals surface area contributed by atoms with E-state index >= 15 is 0 Å². The monoisotopic (exact) mass is 383 g/mol. The summed E-state index contributed by atoms with van der Waals surface area (Å²) in [6.07, 6.45) is 10.9. The molecule has 2 aromatic heterocycles. The van der Waals surface area contributed by atoms with E-state index in [1.54, 1.807) is 0 Å². The van der Waals surface area contributed by atoms with Crippen molar-refractivity contribution in [2.24, 2.45) is 5.92 Å². The van der Waals surface area contributed by atoms with Gasteiger partial charge in [0.05, 0.1) is 5.69 Å². The summed E-state index contributed by atoms with van der Waals surface area (Å²) in [6.45, 7) is 3.43. The third-order valence-electron chi connectivity index (χ3n) is 6.36. The van der Waals surface area contributed by atoms with E-state index in [4.69, 9.17) is 9.84 Å². The molecule has 28 heavy (non-hydrogen) atoms. The van der Waals surface area contributed by atoms with Gasteiger partial charge in [0.25, 0.3) is 0 Å². The third-order valence-corrected chi connectivity index (χ3v) is 6.36. The molecule has 150 valence electrons. The van der Waals surface area contributed by atoms with Gasteiger partial charge >= 0.3 is 0 Å². The first kappa shape index (κ1) is 17.9. The standard InChI is InChI=1S/C21H29N5O2/c27-20(23-17-5-11-28-12-6-17)13-15-3-8-25(9-4-15)21-19-14-18(16-1-2-16)24-26(19)10-7-22-21/h7,10,14-17H,1-6,8-9,11-13H2,(H,23,27). The van der Waals surface area contributed by atoms with Crippen molar-refractivity contribution < 1.29 is 9.53 Å². The number of hydrogen-bond donors (Lipinski definition) is 1. The summed E-state index contributed by atoms with van der Waals surface area (Å²) < 4.78 is 7.34. The fourth-order valence-corrected chi connectivity index (χ4v) is 4.49. The van der Waals surface area contributed by atoms with Crippen molar-refractivity contribution in [3.8, 4) is 0 Å². The molecule has 7 nitrogen and oxygen atoms in total. The first-order chi connectivity index (χ1) is 13.8. The minimum absolute atomic E-state index is 0.204. The van der Waals surface area contributed by atoms with E-state index in [0.717, 1.165) is 63.3 Å². The highest BCUT2D eigenvalue weighted by molar-refractivity contribution is 5.76. The van der Waals surface area contributed by atoms with Gasteiger partial charge in [-0.1, -0.05) is 0 Å². The lowest BCUT2D eigenvalue weighted by atomic mass is 9.93. The normalized spacial score (nSPS) is 21.9. The average Bonchev–Trinajstić information content (AvgIpc) is 3.47. The number of amides is 1. The van der Waals surface area contributed by atoms with Gasteiger partial charge in [0.15, 0.2) is 5.82 Å². The summed E-state index contributed by atoms with van der Waals surface area (Å²) >= 11 is 0. The zero-order valence-electron chi connectivity index (χ0n) is 16.3. The SMILES string of the molecule is O=C(CC1CCN(c2nccn3nc(C4CC4)cc23)CC1)NC1CCOCC1. The summed E-state index contributed by atoms with van der Waals surface area (Å²) in [4.78, 5) is 19.4. The number of ether oxygens (including phenoxy) is 1. The van der Waals surface area contributed by atoms with E-state index < -0.39 is 0 Å². The molecule has 0 spiro atoms. The van der Waals surface area contributed by atoms with E-state index in [2.05, 4.69) is 21.3 Å². The number of hydrogen-bond acceptors (Lipinski definition) is 5. The summed E-state index contributed by atoms with van der Waals surface area (Å²) in [5, 5.41) is 7.92. The van der Waals surface area contributed by atoms with Gasteiger partial charge in [-0.05, 0) is 50.5 Å². The van der Waals surface area contributed by atoms with Crippen molar-refractivity contribution in [1.82, 2.24) is 19.9 Å². The molecule has 1 amide bonds. The molecule has 0 atom stereocenters. The highest BCUT2D eigenvalue weighted by atomic mass is 16.5. The molecule has 2 saturated heterocycles. The van der Waals surface area contributed by atoms with Gasteiger partial charge in [0, 0.05) is 57.1 Å². The van der Waals surface area contributed by atoms with Crippen molar-refractivity contribution in [1.29, 1.82) is 0 Å². The molecule has 3 aliphatic rings. The molecule has 2 aliphatic heterocycles. The van der Waals surface area contributed by atoms with E-state index in [-0.39, 0.29) is 5.91 Å². The maximum atomic E-state index is 12.4. The molecule has 0 unspecified atom stereocenters. The van der Waals surface area contributed by atoms with Gasteiger partial charge in [-0.3, -0.25) is 4.79 Å². The van der Waals surface area contributed by atoms with Crippen molar-refractivity contribution in [3.05, 3.63) is 24.2 Å². The van der Waals surface area contributed by atoms with Crippen LogP contribution < -0.4 is 10.2 Å². The number of aromatic nitrogens is 3. The predicted molar refractivity (Wildman–Crippen MR) is 106 cm³/mol. The van der Waals surface area contributed by atoms with Crippen LogP contribution in [0.4, 0.5) is 5.82 Å². The van der Waals surface area contributed by atoms with Crippen LogP contribution in [0.25, 0.3) is 5.52 Å². The van der Waals surface area contributed by atoms with Gasteiger partial charge in [0.2, 0.25) is 5.91 Å². The van der Waals surface area contributed by atoms with Crippen LogP contribution in [0.15, 0.2) is 18.5 Å². The van der Waals surface area contributed by atoms with Crippen LogP contribution in [0.2, 0.25) is 0 Å². The number of anilines is 1. The maximum absolute atomic E-state index is 12.4. The van der Waals surface area contributed by atoms with Crippen molar-refractivity contribution >= 4 is 17.2 Å². The summed E-state index contributed by atoms with van der Waals surface area (Å²) in [7, 11) is 0. The number of nitrogens with zero attached hydrogens (tertiary/aromatic N) is 4. The predicted octanol–water partition coefficient (Wildman–Crippen LogP) is 2.51. The minimum Gasteiger partial charge on any atom is -0.381 e. The molecule has 0 radical (unpaired) electrons. The third kappa shape index (κ3) is 3.85. The van der Waals surface area contributed by atoms with E-state index in [1.165, 1.54) is 18.5 Å². The van der Waals surface area contributed by atoms with Gasteiger partial charge in [-0.15, -0.1) is 0 Å². The molecule has 4 heterocycles. The molecule has 1 saturated carbocycles. The Morgan fingerprint density at radius 3 is 2.68 bits per heavy atom. The number of nitrogens with one attached hydrogen (secondary N) is 1. The van der Waals surface area contributed by atoms with Crippen LogP contribution in [0.3, 0.4) is 0 Å². The molecule has 7 heteroatoms. The lowest BCUT2D eigenvalue weighted by Crippen LogP contribution is -2.41. The van der Waals surface area contributed by atoms with Crippen LogP contribution in [0.5, 0.6) is 0 Å². The highest BCUT2D eigenvalue weighted by Crippen LogP contribution is 2.40. The molecular weight excluding hydrogens is 354 g/mol. The van der Waals surface area contributed by atoms with Crippen molar-refractivity contribution in [2.45, 2.75) is 56.9 Å². The lowest BCUT2D eigenvalue weighted by Gasteiger charge is -2.33. The number of piperidine rings is 1. The topological polar surface area (TPSA) is 71.8 Å². The molecule has 5 rings (SSSR count). The van der Waals surface area contributed by atoms with Gasteiger partial charge in [-0.2, -0.15) is 5.10 Å². The Balaban J connectivity index is 1.18. The summed E-state index contributed by atoms with van der Waals surface area (Å²) in [5.41, 5.74) is 2.31. The van der Waals surface area contributed by atoms with Crippen molar-refractivity contribution in [3.63, 3.8) is 0 Å². The first-order valence-electron chi connectivity index (χ1n) is 10.7. The Bertz CT molecular complexity index is 832. The Hall–Kier alpha value is -2.15. The Morgan fingerprint density at radius 1 is 1.14 bits per heavy atom. The van der Waals surface area contributed by atoms with Gasteiger partial charge < -0.3 is 15.0 Å². The van der Waals surface area contributed by atoms with Crippen LogP contribution in [0, 0.1) is 5.92 Å². The summed E-state index contributed by atoms with van der Waals surface area (Å²) in [5.74, 6) is 2.35. The molecule has 0 bridgehead atoms. The molecule has 1 aliphatic carbocycles. The first-order valence-corrected chi connectivity index (χ1v) is 10.7. The summed E-state index contributed by atoms with van der Waals surface area (Å²) in [6, 6.07) is 2.51. The number of carbonyl (C=O) groups excluding carboxylic acids is 1. The van der Waals surface area contributed by atoms with E-state index in [1.807, 2.05) is 16.9 Å². The molecule has 1 N–H and O–H groups in total. The second-order valence-electron chi connectivity index (χ2n) is 8.51. The minimum atomic E-state index is 0.204. The van der Waals surface area contributed by atoms with Gasteiger partial charge in [0.1, 0.15) is 5.52 Å². The fraction of sp³-hybridized carbons (Fsp3) is 0.667. The quantitative estimate of drug-likeness (QED) is 0.859. The maximum Gasteiger partial charge on any atom is 0.220 e. The average molecular weight is 383 g/mol. The van der Waals surface area contributed by atoms with E-state index in [0.29, 0.717) is 24.3 Å². The van der Waals surface area contributed by atoms with Crippen LogP contribution in [-0.2, 0) is 9.53 Å².